The Morgan fingerprint density at radius 1 is 1.07 bits per heavy atom. The van der Waals surface area contributed by atoms with E-state index in [1.165, 1.54) is 12.4 Å². The van der Waals surface area contributed by atoms with Crippen LogP contribution in [0, 0.1) is 6.92 Å². The molecule has 0 saturated heterocycles. The fourth-order valence-corrected chi connectivity index (χ4v) is 3.41. The lowest BCUT2D eigenvalue weighted by Gasteiger charge is -2.14. The van der Waals surface area contributed by atoms with Crippen molar-refractivity contribution in [2.75, 3.05) is 0 Å². The van der Waals surface area contributed by atoms with Crippen LogP contribution in [0.5, 0.6) is 0 Å². The number of para-hydroxylation sites is 1. The Morgan fingerprint density at radius 3 is 2.37 bits per heavy atom. The first kappa shape index (κ1) is 21.2. The molecule has 0 unspecified atom stereocenters. The van der Waals surface area contributed by atoms with Gasteiger partial charge in [0.2, 0.25) is 0 Å². The largest absolute Gasteiger partial charge is 0.364 e. The maximum Gasteiger partial charge on any atom is 0.269 e. The molecule has 1 amide bonds. The average Bonchev–Trinajstić information content (AvgIpc) is 2.74. The van der Waals surface area contributed by atoms with E-state index in [0.29, 0.717) is 16.1 Å². The number of nitrogens with two attached hydrogens (primary N) is 1. The Bertz CT molecular complexity index is 1250. The predicted molar refractivity (Wildman–Crippen MR) is 119 cm³/mol. The standard InChI is InChI=1S/C17H14ClNO.C6H7N3O/c1-2-13-11-12-7-6-10-15(18)16(12)17(20)19(13)14-8-4-3-5-9-14;1-4-5(6(7)10)9-3-2-8-4/h3-11H,2H2,1H3;2-3H,1H3,(H2,7,10). The minimum Gasteiger partial charge on any atom is -0.364 e. The Kier molecular flexibility index (Phi) is 6.59. The molecule has 2 aromatic carbocycles. The summed E-state index contributed by atoms with van der Waals surface area (Å²) in [6, 6.07) is 17.3. The number of nitrogens with zero attached hydrogens (tertiary/aromatic N) is 3. The topological polar surface area (TPSA) is 90.9 Å². The summed E-state index contributed by atoms with van der Waals surface area (Å²) in [7, 11) is 0. The second-order valence-corrected chi connectivity index (χ2v) is 6.93. The van der Waals surface area contributed by atoms with Crippen molar-refractivity contribution in [1.29, 1.82) is 0 Å². The summed E-state index contributed by atoms with van der Waals surface area (Å²) in [6.07, 6.45) is 3.74. The van der Waals surface area contributed by atoms with Crippen LogP contribution in [0.3, 0.4) is 0 Å². The van der Waals surface area contributed by atoms with Gasteiger partial charge in [0.15, 0.2) is 0 Å². The maximum absolute atomic E-state index is 12.8. The second-order valence-electron chi connectivity index (χ2n) is 6.52. The second kappa shape index (κ2) is 9.33. The number of aromatic nitrogens is 3. The highest BCUT2D eigenvalue weighted by atomic mass is 35.5. The van der Waals surface area contributed by atoms with E-state index in [2.05, 4.69) is 9.97 Å². The van der Waals surface area contributed by atoms with Crippen LogP contribution in [0.25, 0.3) is 16.5 Å². The van der Waals surface area contributed by atoms with Gasteiger partial charge in [0, 0.05) is 23.8 Å². The Morgan fingerprint density at radius 2 is 1.77 bits per heavy atom. The molecule has 0 aliphatic rings. The van der Waals surface area contributed by atoms with E-state index in [9.17, 15) is 9.59 Å². The molecule has 2 N–H and O–H groups in total. The number of carbonyl (C=O) groups is 1. The predicted octanol–water partition coefficient (Wildman–Crippen LogP) is 4.09. The molecule has 4 rings (SSSR count). The zero-order chi connectivity index (χ0) is 21.7. The Labute approximate surface area is 179 Å². The molecule has 0 atom stereocenters. The lowest BCUT2D eigenvalue weighted by molar-refractivity contribution is 0.0994. The molecular weight excluding hydrogens is 400 g/mol. The number of aryl methyl sites for hydroxylation is 2. The van der Waals surface area contributed by atoms with Gasteiger partial charge in [-0.05, 0) is 43.0 Å². The van der Waals surface area contributed by atoms with Gasteiger partial charge in [-0.1, -0.05) is 48.9 Å². The van der Waals surface area contributed by atoms with Crippen LogP contribution in [-0.2, 0) is 6.42 Å². The highest BCUT2D eigenvalue weighted by Gasteiger charge is 2.12. The highest BCUT2D eigenvalue weighted by molar-refractivity contribution is 6.35. The van der Waals surface area contributed by atoms with Crippen LogP contribution >= 0.6 is 11.6 Å². The van der Waals surface area contributed by atoms with Crippen molar-refractivity contribution in [3.63, 3.8) is 0 Å². The molecule has 152 valence electrons. The average molecular weight is 421 g/mol. The summed E-state index contributed by atoms with van der Waals surface area (Å²) in [5.74, 6) is -0.536. The zero-order valence-corrected chi connectivity index (χ0v) is 17.4. The van der Waals surface area contributed by atoms with Crippen molar-refractivity contribution in [2.45, 2.75) is 20.3 Å². The molecule has 30 heavy (non-hydrogen) atoms. The Hall–Kier alpha value is -3.51. The number of halogens is 1. The van der Waals surface area contributed by atoms with E-state index >= 15 is 0 Å². The van der Waals surface area contributed by atoms with E-state index in [1.807, 2.05) is 55.5 Å². The number of pyridine rings is 1. The fraction of sp³-hybridized carbons (Fsp3) is 0.130. The first-order valence-corrected chi connectivity index (χ1v) is 9.77. The first-order chi connectivity index (χ1) is 14.4. The zero-order valence-electron chi connectivity index (χ0n) is 16.7. The number of hydrogen-bond acceptors (Lipinski definition) is 4. The third-order valence-electron chi connectivity index (χ3n) is 4.56. The first-order valence-electron chi connectivity index (χ1n) is 9.40. The van der Waals surface area contributed by atoms with Gasteiger partial charge < -0.3 is 5.73 Å². The van der Waals surface area contributed by atoms with Crippen molar-refractivity contribution >= 4 is 28.3 Å². The van der Waals surface area contributed by atoms with E-state index in [1.54, 1.807) is 17.6 Å². The molecule has 2 heterocycles. The van der Waals surface area contributed by atoms with Crippen molar-refractivity contribution in [3.05, 3.63) is 99.4 Å². The molecule has 6 nitrogen and oxygen atoms in total. The van der Waals surface area contributed by atoms with Crippen molar-refractivity contribution in [2.24, 2.45) is 5.73 Å². The highest BCUT2D eigenvalue weighted by Crippen LogP contribution is 2.22. The van der Waals surface area contributed by atoms with Crippen LogP contribution < -0.4 is 11.3 Å². The van der Waals surface area contributed by atoms with Gasteiger partial charge >= 0.3 is 0 Å². The monoisotopic (exact) mass is 420 g/mol. The van der Waals surface area contributed by atoms with E-state index in [0.717, 1.165) is 23.2 Å². The van der Waals surface area contributed by atoms with E-state index in [4.69, 9.17) is 17.3 Å². The molecule has 0 aliphatic carbocycles. The van der Waals surface area contributed by atoms with Crippen LogP contribution in [0.2, 0.25) is 5.02 Å². The number of benzene rings is 2. The number of hydrogen-bond donors (Lipinski definition) is 1. The fourth-order valence-electron chi connectivity index (χ4n) is 3.14. The summed E-state index contributed by atoms with van der Waals surface area (Å²) < 4.78 is 1.74. The molecule has 7 heteroatoms. The van der Waals surface area contributed by atoms with Gasteiger partial charge in [0.25, 0.3) is 11.5 Å². The third-order valence-corrected chi connectivity index (χ3v) is 4.88. The lowest BCUT2D eigenvalue weighted by atomic mass is 10.1. The minimum atomic E-state index is -0.536. The Balaban J connectivity index is 0.000000216. The number of amides is 1. The number of carbonyl (C=O) groups excluding carboxylic acids is 1. The van der Waals surface area contributed by atoms with Crippen molar-refractivity contribution in [3.8, 4) is 5.69 Å². The smallest absolute Gasteiger partial charge is 0.269 e. The quantitative estimate of drug-likeness (QED) is 0.540. The van der Waals surface area contributed by atoms with Crippen molar-refractivity contribution in [1.82, 2.24) is 14.5 Å². The van der Waals surface area contributed by atoms with Gasteiger partial charge in [-0.25, -0.2) is 4.98 Å². The molecule has 0 aliphatic heterocycles. The summed E-state index contributed by atoms with van der Waals surface area (Å²) in [5, 5.41) is 1.97. The van der Waals surface area contributed by atoms with Gasteiger partial charge in [-0.15, -0.1) is 0 Å². The van der Waals surface area contributed by atoms with Gasteiger partial charge in [0.05, 0.1) is 16.1 Å². The number of fused-ring (bicyclic) bond motifs is 1. The molecule has 0 radical (unpaired) electrons. The van der Waals surface area contributed by atoms with Gasteiger partial charge in [-0.2, -0.15) is 0 Å². The molecular formula is C23H21ClN4O2. The van der Waals surface area contributed by atoms with Crippen molar-refractivity contribution < 1.29 is 4.79 Å². The normalized spacial score (nSPS) is 10.4. The van der Waals surface area contributed by atoms with E-state index < -0.39 is 5.91 Å². The van der Waals surface area contributed by atoms with Crippen LogP contribution in [0.15, 0.2) is 71.8 Å². The number of rotatable bonds is 3. The summed E-state index contributed by atoms with van der Waals surface area (Å²) in [4.78, 5) is 30.9. The summed E-state index contributed by atoms with van der Waals surface area (Å²) in [6.45, 7) is 3.73. The molecule has 0 bridgehead atoms. The lowest BCUT2D eigenvalue weighted by Crippen LogP contribution is -2.22. The van der Waals surface area contributed by atoms with E-state index in [-0.39, 0.29) is 11.3 Å². The minimum absolute atomic E-state index is 0.0591. The molecule has 0 spiro atoms. The molecule has 0 saturated carbocycles. The van der Waals surface area contributed by atoms with Crippen LogP contribution in [0.4, 0.5) is 0 Å². The third kappa shape index (κ3) is 4.39. The SMILES string of the molecule is CCc1cc2cccc(Cl)c2c(=O)n1-c1ccccc1.Cc1nccnc1C(N)=O. The summed E-state index contributed by atoms with van der Waals surface area (Å²) in [5.41, 5.74) is 7.57. The van der Waals surface area contributed by atoms with Crippen LogP contribution in [0.1, 0.15) is 28.8 Å². The van der Waals surface area contributed by atoms with Gasteiger partial charge in [-0.3, -0.25) is 19.1 Å². The molecule has 4 aromatic rings. The summed E-state index contributed by atoms with van der Waals surface area (Å²) >= 11 is 6.20. The maximum atomic E-state index is 12.8. The molecule has 0 fully saturated rings. The molecule has 2 aromatic heterocycles. The number of primary amides is 1. The van der Waals surface area contributed by atoms with Crippen LogP contribution in [-0.4, -0.2) is 20.4 Å². The van der Waals surface area contributed by atoms with Gasteiger partial charge in [0.1, 0.15) is 5.69 Å².